The Morgan fingerprint density at radius 3 is 2.62 bits per heavy atom. The van der Waals surface area contributed by atoms with Crippen molar-refractivity contribution in [1.29, 1.82) is 0 Å². The molecule has 1 heterocycles. The first kappa shape index (κ1) is 9.77. The molecule has 0 radical (unpaired) electrons. The molecule has 0 spiro atoms. The van der Waals surface area contributed by atoms with Gasteiger partial charge in [0.25, 0.3) is 5.56 Å². The van der Waals surface area contributed by atoms with E-state index in [0.717, 1.165) is 5.69 Å². The number of hydrogen-bond donors (Lipinski definition) is 2. The van der Waals surface area contributed by atoms with Gasteiger partial charge in [-0.25, -0.2) is 5.10 Å². The molecule has 1 rings (SSSR count). The lowest BCUT2D eigenvalue weighted by molar-refractivity contribution is 0.632. The van der Waals surface area contributed by atoms with E-state index >= 15 is 0 Å². The van der Waals surface area contributed by atoms with E-state index in [-0.39, 0.29) is 11.1 Å². The van der Waals surface area contributed by atoms with Crippen LogP contribution in [0.25, 0.3) is 0 Å². The number of rotatable bonds is 1. The molecule has 0 aliphatic rings. The third-order valence-corrected chi connectivity index (χ3v) is 1.61. The normalized spacial score (nSPS) is 11.4. The van der Waals surface area contributed by atoms with E-state index < -0.39 is 0 Å². The van der Waals surface area contributed by atoms with Gasteiger partial charge in [0.15, 0.2) is 0 Å². The Labute approximate surface area is 77.4 Å². The highest BCUT2D eigenvalue weighted by molar-refractivity contribution is 5.48. The molecule has 0 unspecified atom stereocenters. The number of hydrogen-bond acceptors (Lipinski definition) is 3. The second-order valence-electron chi connectivity index (χ2n) is 4.11. The van der Waals surface area contributed by atoms with Gasteiger partial charge in [-0.2, -0.15) is 5.10 Å². The Morgan fingerprint density at radius 1 is 1.46 bits per heavy atom. The lowest BCUT2D eigenvalue weighted by Crippen LogP contribution is -2.28. The lowest BCUT2D eigenvalue weighted by atomic mass is 10.1. The highest BCUT2D eigenvalue weighted by Gasteiger charge is 2.11. The van der Waals surface area contributed by atoms with Crippen LogP contribution in [0, 0.1) is 6.92 Å². The fraction of sp³-hybridized carbons (Fsp3) is 0.556. The van der Waals surface area contributed by atoms with Crippen molar-refractivity contribution in [1.82, 2.24) is 10.2 Å². The van der Waals surface area contributed by atoms with Gasteiger partial charge in [-0.3, -0.25) is 4.79 Å². The molecule has 0 saturated heterocycles. The third kappa shape index (κ3) is 2.57. The average Bonchev–Trinajstić information content (AvgIpc) is 1.96. The van der Waals surface area contributed by atoms with Gasteiger partial charge in [-0.05, 0) is 27.7 Å². The van der Waals surface area contributed by atoms with Gasteiger partial charge in [-0.1, -0.05) is 0 Å². The maximum atomic E-state index is 11.2. The second-order valence-corrected chi connectivity index (χ2v) is 4.11. The fourth-order valence-corrected chi connectivity index (χ4v) is 0.988. The molecule has 0 bridgehead atoms. The van der Waals surface area contributed by atoms with Crippen LogP contribution in [0.4, 0.5) is 5.69 Å². The van der Waals surface area contributed by atoms with Crippen molar-refractivity contribution in [3.63, 3.8) is 0 Å². The van der Waals surface area contributed by atoms with Crippen LogP contribution < -0.4 is 10.9 Å². The van der Waals surface area contributed by atoms with Gasteiger partial charge in [0.1, 0.15) is 0 Å². The van der Waals surface area contributed by atoms with E-state index in [1.54, 1.807) is 13.1 Å². The van der Waals surface area contributed by atoms with E-state index in [0.29, 0.717) is 5.56 Å². The molecular formula is C9H15N3O. The Morgan fingerprint density at radius 2 is 2.08 bits per heavy atom. The Hall–Kier alpha value is -1.32. The van der Waals surface area contributed by atoms with Crippen LogP contribution in [-0.4, -0.2) is 15.7 Å². The molecular weight excluding hydrogens is 166 g/mol. The van der Waals surface area contributed by atoms with E-state index in [1.807, 2.05) is 20.8 Å². The average molecular weight is 181 g/mol. The second kappa shape index (κ2) is 3.20. The predicted molar refractivity (Wildman–Crippen MR) is 53.0 cm³/mol. The first-order valence-electron chi connectivity index (χ1n) is 4.22. The zero-order valence-electron chi connectivity index (χ0n) is 8.43. The summed E-state index contributed by atoms with van der Waals surface area (Å²) in [5, 5.41) is 9.32. The number of nitrogens with one attached hydrogen (secondary N) is 2. The van der Waals surface area contributed by atoms with Gasteiger partial charge in [0.05, 0.1) is 11.9 Å². The SMILES string of the molecule is Cc1c(NC(C)(C)C)cn[nH]c1=O. The third-order valence-electron chi connectivity index (χ3n) is 1.61. The van der Waals surface area contributed by atoms with E-state index in [4.69, 9.17) is 0 Å². The number of aromatic amines is 1. The molecule has 4 heteroatoms. The van der Waals surface area contributed by atoms with Gasteiger partial charge >= 0.3 is 0 Å². The summed E-state index contributed by atoms with van der Waals surface area (Å²) in [6.07, 6.45) is 1.63. The minimum atomic E-state index is -0.144. The van der Waals surface area contributed by atoms with E-state index in [1.165, 1.54) is 0 Å². The zero-order valence-corrected chi connectivity index (χ0v) is 8.43. The maximum absolute atomic E-state index is 11.2. The lowest BCUT2D eigenvalue weighted by Gasteiger charge is -2.22. The smallest absolute Gasteiger partial charge is 0.269 e. The van der Waals surface area contributed by atoms with Crippen LogP contribution >= 0.6 is 0 Å². The van der Waals surface area contributed by atoms with Gasteiger partial charge in [-0.15, -0.1) is 0 Å². The molecule has 0 aliphatic carbocycles. The summed E-state index contributed by atoms with van der Waals surface area (Å²) in [7, 11) is 0. The molecule has 0 saturated carbocycles. The molecule has 0 fully saturated rings. The topological polar surface area (TPSA) is 57.8 Å². The Bertz CT molecular complexity index is 349. The largest absolute Gasteiger partial charge is 0.379 e. The van der Waals surface area contributed by atoms with Crippen LogP contribution in [0.15, 0.2) is 11.0 Å². The predicted octanol–water partition coefficient (Wildman–Crippen LogP) is 1.29. The molecule has 1 aromatic heterocycles. The quantitative estimate of drug-likeness (QED) is 0.686. The molecule has 4 nitrogen and oxygen atoms in total. The molecule has 1 aromatic rings. The van der Waals surface area contributed by atoms with Crippen LogP contribution in [0.3, 0.4) is 0 Å². The number of H-pyrrole nitrogens is 1. The maximum Gasteiger partial charge on any atom is 0.269 e. The molecule has 0 amide bonds. The van der Waals surface area contributed by atoms with Crippen molar-refractivity contribution >= 4 is 5.69 Å². The van der Waals surface area contributed by atoms with Crippen molar-refractivity contribution in [3.8, 4) is 0 Å². The molecule has 0 aliphatic heterocycles. The summed E-state index contributed by atoms with van der Waals surface area (Å²) >= 11 is 0. The van der Waals surface area contributed by atoms with Crippen LogP contribution in [0.5, 0.6) is 0 Å². The van der Waals surface area contributed by atoms with E-state index in [9.17, 15) is 4.79 Å². The van der Waals surface area contributed by atoms with Crippen molar-refractivity contribution in [2.45, 2.75) is 33.2 Å². The summed E-state index contributed by atoms with van der Waals surface area (Å²) in [4.78, 5) is 11.2. The first-order valence-corrected chi connectivity index (χ1v) is 4.22. The molecule has 13 heavy (non-hydrogen) atoms. The summed E-state index contributed by atoms with van der Waals surface area (Å²) in [6, 6.07) is 0. The Kier molecular flexibility index (Phi) is 2.40. The van der Waals surface area contributed by atoms with Crippen molar-refractivity contribution < 1.29 is 0 Å². The summed E-state index contributed by atoms with van der Waals surface area (Å²) in [6.45, 7) is 7.88. The monoisotopic (exact) mass is 181 g/mol. The molecule has 0 aromatic carbocycles. The number of nitrogens with zero attached hydrogens (tertiary/aromatic N) is 1. The van der Waals surface area contributed by atoms with Crippen molar-refractivity contribution in [2.75, 3.05) is 5.32 Å². The summed E-state index contributed by atoms with van der Waals surface area (Å²) in [5.41, 5.74) is 1.26. The van der Waals surface area contributed by atoms with Crippen molar-refractivity contribution in [3.05, 3.63) is 22.1 Å². The molecule has 72 valence electrons. The van der Waals surface area contributed by atoms with Gasteiger partial charge < -0.3 is 5.32 Å². The van der Waals surface area contributed by atoms with Crippen LogP contribution in [0.1, 0.15) is 26.3 Å². The summed E-state index contributed by atoms with van der Waals surface area (Å²) < 4.78 is 0. The minimum absolute atomic E-state index is 0.0553. The minimum Gasteiger partial charge on any atom is -0.379 e. The fourth-order valence-electron chi connectivity index (χ4n) is 0.988. The van der Waals surface area contributed by atoms with Gasteiger partial charge in [0.2, 0.25) is 0 Å². The zero-order chi connectivity index (χ0) is 10.1. The molecule has 0 atom stereocenters. The standard InChI is InChI=1S/C9H15N3O/c1-6-7(11-9(2,3)4)5-10-12-8(6)13/h5H,1-4H3,(H2,11,12,13). The number of anilines is 1. The summed E-state index contributed by atoms with van der Waals surface area (Å²) in [5.74, 6) is 0. The van der Waals surface area contributed by atoms with Crippen molar-refractivity contribution in [2.24, 2.45) is 0 Å². The van der Waals surface area contributed by atoms with Crippen LogP contribution in [-0.2, 0) is 0 Å². The highest BCUT2D eigenvalue weighted by Crippen LogP contribution is 2.14. The van der Waals surface area contributed by atoms with E-state index in [2.05, 4.69) is 15.5 Å². The van der Waals surface area contributed by atoms with Crippen LogP contribution in [0.2, 0.25) is 0 Å². The first-order chi connectivity index (χ1) is 5.90. The van der Waals surface area contributed by atoms with Gasteiger partial charge in [0, 0.05) is 11.1 Å². The number of aromatic nitrogens is 2. The highest BCUT2D eigenvalue weighted by atomic mass is 16.1. The Balaban J connectivity index is 3.03. The molecule has 2 N–H and O–H groups in total.